The molecule has 19 heavy (non-hydrogen) atoms. The second-order valence-electron chi connectivity index (χ2n) is 3.66. The van der Waals surface area contributed by atoms with Crippen molar-refractivity contribution in [1.82, 2.24) is 0 Å². The Labute approximate surface area is 145 Å². The van der Waals surface area contributed by atoms with Gasteiger partial charge in [-0.15, -0.1) is 69.6 Å². The lowest BCUT2D eigenvalue weighted by molar-refractivity contribution is 0.0899. The Kier molecular flexibility index (Phi) is 11.9. The molecule has 3 nitrogen and oxygen atoms in total. The Balaban J connectivity index is 4.54. The molecule has 0 saturated carbocycles. The molecule has 0 N–H and O–H groups in total. The third-order valence-electron chi connectivity index (χ3n) is 1.82. The second-order valence-corrected chi connectivity index (χ2v) is 8.23. The molecule has 3 unspecified atom stereocenters. The van der Waals surface area contributed by atoms with Crippen LogP contribution in [0.2, 0.25) is 0 Å². The zero-order valence-electron chi connectivity index (χ0n) is 10.4. The summed E-state index contributed by atoms with van der Waals surface area (Å²) in [5.74, 6) is 0. The van der Waals surface area contributed by atoms with Crippen molar-refractivity contribution in [2.45, 2.75) is 53.6 Å². The highest BCUT2D eigenvalue weighted by Gasteiger charge is 2.28. The lowest BCUT2D eigenvalue weighted by Crippen LogP contribution is -2.22. The third-order valence-corrected chi connectivity index (χ3v) is 5.46. The first-order valence-electron chi connectivity index (χ1n) is 5.30. The SMILES string of the molecule is CC(OP(OC(C)C(Cl)Cl)OC(C)C(Cl)Cl)C(Cl)Cl. The summed E-state index contributed by atoms with van der Waals surface area (Å²) >= 11 is 34.2. The lowest BCUT2D eigenvalue weighted by Gasteiger charge is -2.27. The number of halogens is 6. The van der Waals surface area contributed by atoms with Crippen molar-refractivity contribution in [2.75, 3.05) is 0 Å². The molecule has 0 heterocycles. The third kappa shape index (κ3) is 9.63. The summed E-state index contributed by atoms with van der Waals surface area (Å²) in [6, 6.07) is 0. The normalized spacial score (nSPS) is 18.9. The maximum absolute atomic E-state index is 5.71. The largest absolute Gasteiger partial charge is 0.333 e. The molecule has 0 rings (SSSR count). The van der Waals surface area contributed by atoms with E-state index in [0.29, 0.717) is 0 Å². The molecule has 0 fully saturated rings. The van der Waals surface area contributed by atoms with Crippen LogP contribution < -0.4 is 0 Å². The van der Waals surface area contributed by atoms with Gasteiger partial charge >= 0.3 is 8.60 Å². The second kappa shape index (κ2) is 10.7. The molecule has 10 heteroatoms. The van der Waals surface area contributed by atoms with Gasteiger partial charge in [-0.3, -0.25) is 0 Å². The maximum Gasteiger partial charge on any atom is 0.333 e. The molecule has 0 bridgehead atoms. The Morgan fingerprint density at radius 1 is 0.579 bits per heavy atom. The molecule has 0 aliphatic carbocycles. The summed E-state index contributed by atoms with van der Waals surface area (Å²) in [6.07, 6.45) is -1.49. The van der Waals surface area contributed by atoms with Crippen LogP contribution in [0.15, 0.2) is 0 Å². The molecule has 0 radical (unpaired) electrons. The first-order chi connectivity index (χ1) is 8.65. The van der Waals surface area contributed by atoms with E-state index in [-0.39, 0.29) is 0 Å². The molecule has 0 aromatic rings. The van der Waals surface area contributed by atoms with Gasteiger partial charge in [0.25, 0.3) is 0 Å². The van der Waals surface area contributed by atoms with Crippen molar-refractivity contribution in [3.05, 3.63) is 0 Å². The van der Waals surface area contributed by atoms with Crippen molar-refractivity contribution >= 4 is 78.2 Å². The van der Waals surface area contributed by atoms with E-state index in [1.54, 1.807) is 20.8 Å². The zero-order valence-corrected chi connectivity index (χ0v) is 15.8. The summed E-state index contributed by atoms with van der Waals surface area (Å²) in [4.78, 5) is -2.18. The quantitative estimate of drug-likeness (QED) is 0.350. The van der Waals surface area contributed by atoms with E-state index in [9.17, 15) is 0 Å². The molecule has 0 aliphatic rings. The molecule has 116 valence electrons. The van der Waals surface area contributed by atoms with Gasteiger partial charge in [-0.2, -0.15) is 0 Å². The molecule has 0 aromatic carbocycles. The fraction of sp³-hybridized carbons (Fsp3) is 1.00. The number of rotatable bonds is 9. The van der Waals surface area contributed by atoms with Crippen molar-refractivity contribution in [3.8, 4) is 0 Å². The Hall–Kier alpha value is 2.05. The minimum Gasteiger partial charge on any atom is -0.306 e. The summed E-state index contributed by atoms with van der Waals surface area (Å²) in [6.45, 7) is 5.04. The summed E-state index contributed by atoms with van der Waals surface area (Å²) < 4.78 is 16.4. The number of hydrogen-bond acceptors (Lipinski definition) is 3. The van der Waals surface area contributed by atoms with Gasteiger partial charge in [0.2, 0.25) is 0 Å². The lowest BCUT2D eigenvalue weighted by atomic mass is 10.5. The minimum atomic E-state index is -1.78. The average molecular weight is 415 g/mol. The average Bonchev–Trinajstić information content (AvgIpc) is 2.27. The van der Waals surface area contributed by atoms with E-state index >= 15 is 0 Å². The fourth-order valence-corrected chi connectivity index (χ4v) is 2.69. The van der Waals surface area contributed by atoms with Crippen LogP contribution in [0.5, 0.6) is 0 Å². The van der Waals surface area contributed by atoms with E-state index in [0.717, 1.165) is 0 Å². The van der Waals surface area contributed by atoms with Crippen LogP contribution in [-0.4, -0.2) is 32.8 Å². The van der Waals surface area contributed by atoms with Gasteiger partial charge in [-0.1, -0.05) is 0 Å². The van der Waals surface area contributed by atoms with Crippen LogP contribution in [-0.2, 0) is 13.6 Å². The van der Waals surface area contributed by atoms with Gasteiger partial charge < -0.3 is 13.6 Å². The predicted octanol–water partition coefficient (Wildman–Crippen LogP) is 5.84. The van der Waals surface area contributed by atoms with Crippen molar-refractivity contribution in [2.24, 2.45) is 0 Å². The van der Waals surface area contributed by atoms with E-state index in [4.69, 9.17) is 83.2 Å². The Morgan fingerprint density at radius 2 is 0.789 bits per heavy atom. The standard InChI is InChI=1S/C9H15Cl6O3P/c1-4(7(10)11)16-19(17-5(2)8(12)13)18-6(3)9(14)15/h4-9H,1-3H3. The Bertz CT molecular complexity index is 208. The van der Waals surface area contributed by atoms with Crippen LogP contribution in [0.25, 0.3) is 0 Å². The highest BCUT2D eigenvalue weighted by molar-refractivity contribution is 7.41. The van der Waals surface area contributed by atoms with Gasteiger partial charge in [-0.25, -0.2) is 0 Å². The van der Waals surface area contributed by atoms with Gasteiger partial charge in [0, 0.05) is 0 Å². The number of hydrogen-bond donors (Lipinski definition) is 0. The van der Waals surface area contributed by atoms with Gasteiger partial charge in [0.1, 0.15) is 14.5 Å². The highest BCUT2D eigenvalue weighted by Crippen LogP contribution is 2.46. The number of alkyl halides is 6. The van der Waals surface area contributed by atoms with Gasteiger partial charge in [-0.05, 0) is 20.8 Å². The minimum absolute atomic E-state index is 0.498. The fourth-order valence-electron chi connectivity index (χ4n) is 0.620. The van der Waals surface area contributed by atoms with Crippen molar-refractivity contribution in [3.63, 3.8) is 0 Å². The van der Waals surface area contributed by atoms with Crippen LogP contribution in [0.4, 0.5) is 0 Å². The van der Waals surface area contributed by atoms with Crippen LogP contribution in [0.3, 0.4) is 0 Å². The van der Waals surface area contributed by atoms with Crippen LogP contribution in [0, 0.1) is 0 Å². The van der Waals surface area contributed by atoms with E-state index < -0.39 is 41.4 Å². The first-order valence-corrected chi connectivity index (χ1v) is 9.01. The van der Waals surface area contributed by atoms with E-state index in [1.165, 1.54) is 0 Å². The molecule has 3 atom stereocenters. The molecule has 0 aliphatic heterocycles. The molecular weight excluding hydrogens is 400 g/mol. The molecular formula is C9H15Cl6O3P. The van der Waals surface area contributed by atoms with Crippen molar-refractivity contribution < 1.29 is 13.6 Å². The monoisotopic (exact) mass is 412 g/mol. The maximum atomic E-state index is 5.71. The van der Waals surface area contributed by atoms with E-state index in [1.807, 2.05) is 0 Å². The van der Waals surface area contributed by atoms with Crippen molar-refractivity contribution in [1.29, 1.82) is 0 Å². The molecule has 0 amide bonds. The summed E-state index contributed by atoms with van der Waals surface area (Å²) in [5, 5.41) is 0. The highest BCUT2D eigenvalue weighted by atomic mass is 35.5. The molecule has 0 aromatic heterocycles. The zero-order chi connectivity index (χ0) is 15.2. The first kappa shape index (κ1) is 21.0. The van der Waals surface area contributed by atoms with E-state index in [2.05, 4.69) is 0 Å². The Morgan fingerprint density at radius 3 is 0.947 bits per heavy atom. The smallest absolute Gasteiger partial charge is 0.306 e. The predicted molar refractivity (Wildman–Crippen MR) is 85.0 cm³/mol. The molecule has 0 saturated heterocycles. The van der Waals surface area contributed by atoms with Gasteiger partial charge in [0.15, 0.2) is 0 Å². The summed E-state index contributed by atoms with van der Waals surface area (Å²) in [5.41, 5.74) is 0. The molecule has 0 spiro atoms. The van der Waals surface area contributed by atoms with Gasteiger partial charge in [0.05, 0.1) is 18.3 Å². The van der Waals surface area contributed by atoms with Crippen LogP contribution in [0.1, 0.15) is 20.8 Å². The topological polar surface area (TPSA) is 27.7 Å². The van der Waals surface area contributed by atoms with Crippen LogP contribution >= 0.6 is 78.2 Å². The summed E-state index contributed by atoms with van der Waals surface area (Å²) in [7, 11) is -1.78.